The van der Waals surface area contributed by atoms with Crippen molar-refractivity contribution in [3.63, 3.8) is 0 Å². The molecule has 2 aliphatic rings. The van der Waals surface area contributed by atoms with Crippen molar-refractivity contribution < 1.29 is 24.5 Å². The summed E-state index contributed by atoms with van der Waals surface area (Å²) in [4.78, 5) is 23.2. The van der Waals surface area contributed by atoms with E-state index in [1.165, 1.54) is 0 Å². The minimum atomic E-state index is -1.13. The summed E-state index contributed by atoms with van der Waals surface area (Å²) in [7, 11) is 0. The van der Waals surface area contributed by atoms with Crippen LogP contribution in [0.1, 0.15) is 26.2 Å². The predicted octanol–water partition coefficient (Wildman–Crippen LogP) is 1.21. The first kappa shape index (κ1) is 14.0. The Hall–Kier alpha value is -0.370. The van der Waals surface area contributed by atoms with Crippen molar-refractivity contribution in [2.24, 2.45) is 17.3 Å². The summed E-state index contributed by atoms with van der Waals surface area (Å²) in [6.45, 7) is 1.95. The molecule has 6 heteroatoms. The van der Waals surface area contributed by atoms with Gasteiger partial charge in [-0.25, -0.2) is 0 Å². The summed E-state index contributed by atoms with van der Waals surface area (Å²) in [6.07, 6.45) is 0.407. The van der Waals surface area contributed by atoms with E-state index in [1.54, 1.807) is 6.92 Å². The third-order valence-corrected chi connectivity index (χ3v) is 6.03. The monoisotopic (exact) mass is 368 g/mol. The highest BCUT2D eigenvalue weighted by Crippen LogP contribution is 2.59. The van der Waals surface area contributed by atoms with Crippen molar-refractivity contribution in [2.45, 2.75) is 36.2 Å². The quantitative estimate of drug-likeness (QED) is 0.443. The van der Waals surface area contributed by atoms with E-state index in [4.69, 9.17) is 4.74 Å². The molecule has 0 aromatic carbocycles. The molecule has 0 amide bonds. The standard InChI is InChI=1S/C12H17IO5/c1-2-18-8(14)5-12(11(16)17)4-6-3-7(12)10(15)9(6)13/h6-7,9-10,15H,2-5H2,1H3,(H,16,17)/t6-,7-,9-,10-,12+/m1/s1. The minimum absolute atomic E-state index is 0.0993. The van der Waals surface area contributed by atoms with E-state index in [2.05, 4.69) is 22.6 Å². The number of rotatable bonds is 4. The lowest BCUT2D eigenvalue weighted by molar-refractivity contribution is -0.164. The van der Waals surface area contributed by atoms with Gasteiger partial charge in [-0.1, -0.05) is 22.6 Å². The van der Waals surface area contributed by atoms with Crippen LogP contribution in [0.3, 0.4) is 0 Å². The molecular weight excluding hydrogens is 351 g/mol. The van der Waals surface area contributed by atoms with Gasteiger partial charge in [-0.3, -0.25) is 9.59 Å². The van der Waals surface area contributed by atoms with Crippen molar-refractivity contribution in [3.05, 3.63) is 0 Å². The molecule has 0 heterocycles. The fraction of sp³-hybridized carbons (Fsp3) is 0.833. The van der Waals surface area contributed by atoms with Crippen LogP contribution >= 0.6 is 22.6 Å². The number of hydrogen-bond acceptors (Lipinski definition) is 4. The Morgan fingerprint density at radius 2 is 2.17 bits per heavy atom. The fourth-order valence-corrected chi connectivity index (χ4v) is 4.51. The third kappa shape index (κ3) is 2.03. The summed E-state index contributed by atoms with van der Waals surface area (Å²) in [6, 6.07) is 0. The second kappa shape index (κ2) is 4.96. The van der Waals surface area contributed by atoms with E-state index in [9.17, 15) is 19.8 Å². The summed E-state index contributed by atoms with van der Waals surface area (Å²) in [5.41, 5.74) is -1.13. The van der Waals surface area contributed by atoms with Gasteiger partial charge < -0.3 is 14.9 Å². The average Bonchev–Trinajstić information content (AvgIpc) is 2.78. The average molecular weight is 368 g/mol. The Balaban J connectivity index is 2.20. The molecule has 0 spiro atoms. The molecule has 0 radical (unpaired) electrons. The molecule has 0 aromatic rings. The molecule has 5 atom stereocenters. The number of aliphatic hydroxyl groups is 1. The Morgan fingerprint density at radius 1 is 1.50 bits per heavy atom. The van der Waals surface area contributed by atoms with Gasteiger partial charge in [0.25, 0.3) is 0 Å². The molecular formula is C12H17IO5. The number of halogens is 1. The van der Waals surface area contributed by atoms with Crippen LogP contribution in [-0.4, -0.2) is 38.8 Å². The Bertz CT molecular complexity index is 369. The SMILES string of the molecule is CCOC(=O)C[C@@]1(C(=O)O)C[C@H]2C[C@@H]1[C@@H](O)[C@@H]2I. The van der Waals surface area contributed by atoms with Crippen LogP contribution in [0.5, 0.6) is 0 Å². The molecule has 2 N–H and O–H groups in total. The van der Waals surface area contributed by atoms with E-state index in [1.807, 2.05) is 0 Å². The van der Waals surface area contributed by atoms with Crippen LogP contribution in [0.25, 0.3) is 0 Å². The third-order valence-electron chi connectivity index (χ3n) is 4.27. The van der Waals surface area contributed by atoms with Gasteiger partial charge in [-0.05, 0) is 25.7 Å². The smallest absolute Gasteiger partial charge is 0.310 e. The van der Waals surface area contributed by atoms with Gasteiger partial charge in [0.2, 0.25) is 0 Å². The Labute approximate surface area is 119 Å². The lowest BCUT2D eigenvalue weighted by Gasteiger charge is -2.37. The molecule has 0 unspecified atom stereocenters. The lowest BCUT2D eigenvalue weighted by Crippen LogP contribution is -2.47. The molecule has 102 valence electrons. The number of aliphatic carboxylic acids is 1. The first-order valence-corrected chi connectivity index (χ1v) is 7.38. The zero-order valence-electron chi connectivity index (χ0n) is 10.1. The second-order valence-electron chi connectivity index (χ2n) is 5.18. The Kier molecular flexibility index (Phi) is 3.87. The second-order valence-corrected chi connectivity index (χ2v) is 6.62. The maximum absolute atomic E-state index is 11.6. The first-order valence-electron chi connectivity index (χ1n) is 6.13. The van der Waals surface area contributed by atoms with Gasteiger partial charge in [0.1, 0.15) is 0 Å². The van der Waals surface area contributed by atoms with E-state index >= 15 is 0 Å². The molecule has 0 aromatic heterocycles. The molecule has 2 bridgehead atoms. The largest absolute Gasteiger partial charge is 0.481 e. The van der Waals surface area contributed by atoms with Gasteiger partial charge in [-0.15, -0.1) is 0 Å². The number of carboxylic acids is 1. The number of carbonyl (C=O) groups is 2. The predicted molar refractivity (Wildman–Crippen MR) is 71.3 cm³/mol. The molecule has 2 aliphatic carbocycles. The summed E-state index contributed by atoms with van der Waals surface area (Å²) >= 11 is 2.18. The van der Waals surface area contributed by atoms with Crippen molar-refractivity contribution in [1.29, 1.82) is 0 Å². The number of esters is 1. The fourth-order valence-electron chi connectivity index (χ4n) is 3.46. The number of alkyl halides is 1. The van der Waals surface area contributed by atoms with Gasteiger partial charge in [0.15, 0.2) is 0 Å². The summed E-state index contributed by atoms with van der Waals surface area (Å²) < 4.78 is 4.96. The van der Waals surface area contributed by atoms with Gasteiger partial charge in [0.05, 0.1) is 24.5 Å². The normalized spacial score (nSPS) is 41.9. The van der Waals surface area contributed by atoms with Crippen LogP contribution in [0, 0.1) is 17.3 Å². The number of hydrogen-bond donors (Lipinski definition) is 2. The number of carbonyl (C=O) groups excluding carboxylic acids is 1. The Morgan fingerprint density at radius 3 is 2.61 bits per heavy atom. The highest BCUT2D eigenvalue weighted by Gasteiger charge is 2.63. The van der Waals surface area contributed by atoms with E-state index in [0.29, 0.717) is 12.8 Å². The van der Waals surface area contributed by atoms with E-state index in [0.717, 1.165) is 0 Å². The van der Waals surface area contributed by atoms with E-state index < -0.39 is 23.5 Å². The number of aliphatic hydroxyl groups excluding tert-OH is 1. The van der Waals surface area contributed by atoms with Crippen molar-refractivity contribution >= 4 is 34.5 Å². The molecule has 18 heavy (non-hydrogen) atoms. The number of fused-ring (bicyclic) bond motifs is 2. The maximum Gasteiger partial charge on any atom is 0.310 e. The molecule has 5 nitrogen and oxygen atoms in total. The molecule has 0 aliphatic heterocycles. The highest BCUT2D eigenvalue weighted by molar-refractivity contribution is 14.1. The molecule has 0 saturated heterocycles. The zero-order valence-corrected chi connectivity index (χ0v) is 12.3. The molecule has 2 rings (SSSR count). The number of ether oxygens (including phenoxy) is 1. The van der Waals surface area contributed by atoms with Crippen LogP contribution in [-0.2, 0) is 14.3 Å². The maximum atomic E-state index is 11.6. The first-order chi connectivity index (χ1) is 8.42. The van der Waals surface area contributed by atoms with Gasteiger partial charge >= 0.3 is 11.9 Å². The van der Waals surface area contributed by atoms with Crippen molar-refractivity contribution in [1.82, 2.24) is 0 Å². The highest BCUT2D eigenvalue weighted by atomic mass is 127. The van der Waals surface area contributed by atoms with Crippen LogP contribution in [0.4, 0.5) is 0 Å². The van der Waals surface area contributed by atoms with Gasteiger partial charge in [0, 0.05) is 9.84 Å². The van der Waals surface area contributed by atoms with E-state index in [-0.39, 0.29) is 28.8 Å². The lowest BCUT2D eigenvalue weighted by atomic mass is 9.69. The summed E-state index contributed by atoms with van der Waals surface area (Å²) in [5.74, 6) is -1.60. The van der Waals surface area contributed by atoms with Gasteiger partial charge in [-0.2, -0.15) is 0 Å². The van der Waals surface area contributed by atoms with Crippen LogP contribution < -0.4 is 0 Å². The van der Waals surface area contributed by atoms with Crippen molar-refractivity contribution in [2.75, 3.05) is 6.61 Å². The minimum Gasteiger partial charge on any atom is -0.481 e. The number of carboxylic acid groups (broad SMARTS) is 1. The molecule has 2 saturated carbocycles. The van der Waals surface area contributed by atoms with Crippen molar-refractivity contribution in [3.8, 4) is 0 Å². The summed E-state index contributed by atoms with van der Waals surface area (Å²) in [5, 5.41) is 19.6. The molecule has 2 fully saturated rings. The van der Waals surface area contributed by atoms with Crippen LogP contribution in [0.2, 0.25) is 0 Å². The van der Waals surface area contributed by atoms with Crippen LogP contribution in [0.15, 0.2) is 0 Å². The zero-order chi connectivity index (χ0) is 13.5. The topological polar surface area (TPSA) is 83.8 Å².